The molecular formula is C11H15N5O. The second-order valence-corrected chi connectivity index (χ2v) is 3.47. The molecule has 0 aromatic carbocycles. The molecule has 0 saturated heterocycles. The van der Waals surface area contributed by atoms with Gasteiger partial charge in [-0.3, -0.25) is 0 Å². The molecule has 0 spiro atoms. The summed E-state index contributed by atoms with van der Waals surface area (Å²) in [5.41, 5.74) is 0.673. The van der Waals surface area contributed by atoms with E-state index >= 15 is 0 Å². The molecule has 0 aliphatic heterocycles. The third kappa shape index (κ3) is 2.79. The van der Waals surface area contributed by atoms with Gasteiger partial charge in [0.2, 0.25) is 5.95 Å². The van der Waals surface area contributed by atoms with E-state index in [2.05, 4.69) is 25.6 Å². The lowest BCUT2D eigenvalue weighted by molar-refractivity contribution is 0.210. The normalized spacial score (nSPS) is 10.5. The Balaban J connectivity index is 2.22. The van der Waals surface area contributed by atoms with Crippen LogP contribution in [0.1, 0.15) is 0 Å². The van der Waals surface area contributed by atoms with Crippen molar-refractivity contribution in [3.05, 3.63) is 18.3 Å². The largest absolute Gasteiger partial charge is 0.383 e. The van der Waals surface area contributed by atoms with Crippen molar-refractivity contribution in [2.24, 2.45) is 0 Å². The summed E-state index contributed by atoms with van der Waals surface area (Å²) in [6, 6.07) is 3.84. The van der Waals surface area contributed by atoms with Gasteiger partial charge in [-0.05, 0) is 12.1 Å². The molecule has 0 atom stereocenters. The lowest BCUT2D eigenvalue weighted by Gasteiger charge is -2.06. The van der Waals surface area contributed by atoms with E-state index < -0.39 is 0 Å². The second-order valence-electron chi connectivity index (χ2n) is 3.47. The molecule has 0 aliphatic rings. The highest BCUT2D eigenvalue weighted by atomic mass is 16.5. The molecule has 0 saturated carbocycles. The molecule has 6 nitrogen and oxygen atoms in total. The molecule has 2 aromatic heterocycles. The Hall–Kier alpha value is -1.95. The number of nitrogens with zero attached hydrogens (tertiary/aromatic N) is 3. The Morgan fingerprint density at radius 3 is 2.94 bits per heavy atom. The Labute approximate surface area is 99.4 Å². The number of aromatic nitrogens is 3. The van der Waals surface area contributed by atoms with Gasteiger partial charge in [0.1, 0.15) is 5.82 Å². The minimum Gasteiger partial charge on any atom is -0.383 e. The monoisotopic (exact) mass is 233 g/mol. The minimum atomic E-state index is 0.569. The summed E-state index contributed by atoms with van der Waals surface area (Å²) in [6.45, 7) is 1.37. The topological polar surface area (TPSA) is 72.0 Å². The summed E-state index contributed by atoms with van der Waals surface area (Å²) in [5.74, 6) is 1.36. The Kier molecular flexibility index (Phi) is 3.66. The first-order chi connectivity index (χ1) is 8.33. The zero-order chi connectivity index (χ0) is 12.1. The average Bonchev–Trinajstić information content (AvgIpc) is 2.38. The van der Waals surface area contributed by atoms with E-state index in [0.717, 1.165) is 17.7 Å². The molecule has 2 N–H and O–H groups in total. The van der Waals surface area contributed by atoms with Crippen LogP contribution in [-0.2, 0) is 4.74 Å². The number of fused-ring (bicyclic) bond motifs is 1. The van der Waals surface area contributed by atoms with Crippen molar-refractivity contribution in [2.75, 3.05) is 37.9 Å². The van der Waals surface area contributed by atoms with Crippen molar-refractivity contribution in [1.82, 2.24) is 15.0 Å². The number of hydrogen-bond acceptors (Lipinski definition) is 6. The quantitative estimate of drug-likeness (QED) is 0.754. The van der Waals surface area contributed by atoms with Gasteiger partial charge >= 0.3 is 0 Å². The van der Waals surface area contributed by atoms with Gasteiger partial charge in [0.25, 0.3) is 0 Å². The van der Waals surface area contributed by atoms with Crippen LogP contribution < -0.4 is 10.6 Å². The summed E-state index contributed by atoms with van der Waals surface area (Å²) < 4.78 is 4.96. The van der Waals surface area contributed by atoms with Gasteiger partial charge in [-0.1, -0.05) is 0 Å². The van der Waals surface area contributed by atoms with Crippen LogP contribution in [0.2, 0.25) is 0 Å². The number of methoxy groups -OCH3 is 1. The number of nitrogens with one attached hydrogen (secondary N) is 2. The Morgan fingerprint density at radius 1 is 1.29 bits per heavy atom. The highest BCUT2D eigenvalue weighted by Gasteiger charge is 2.01. The van der Waals surface area contributed by atoms with Crippen molar-refractivity contribution < 1.29 is 4.74 Å². The van der Waals surface area contributed by atoms with Crippen LogP contribution in [0, 0.1) is 0 Å². The first kappa shape index (κ1) is 11.5. The minimum absolute atomic E-state index is 0.569. The van der Waals surface area contributed by atoms with E-state index in [1.807, 2.05) is 12.1 Å². The predicted molar refractivity (Wildman–Crippen MR) is 67.2 cm³/mol. The maximum Gasteiger partial charge on any atom is 0.224 e. The second kappa shape index (κ2) is 5.40. The van der Waals surface area contributed by atoms with E-state index in [1.165, 1.54) is 0 Å². The molecule has 6 heteroatoms. The molecule has 17 heavy (non-hydrogen) atoms. The Morgan fingerprint density at radius 2 is 2.18 bits per heavy atom. The third-order valence-corrected chi connectivity index (χ3v) is 2.28. The van der Waals surface area contributed by atoms with Gasteiger partial charge in [0.15, 0.2) is 5.65 Å². The van der Waals surface area contributed by atoms with Gasteiger partial charge in [0.05, 0.1) is 6.61 Å². The first-order valence-corrected chi connectivity index (χ1v) is 5.38. The highest BCUT2D eigenvalue weighted by molar-refractivity contribution is 5.76. The maximum atomic E-state index is 4.96. The smallest absolute Gasteiger partial charge is 0.224 e. The van der Waals surface area contributed by atoms with Gasteiger partial charge in [-0.2, -0.15) is 4.98 Å². The lowest BCUT2D eigenvalue weighted by atomic mass is 10.3. The van der Waals surface area contributed by atoms with E-state index in [4.69, 9.17) is 4.74 Å². The number of ether oxygens (including phenoxy) is 1. The molecule has 0 unspecified atom stereocenters. The summed E-state index contributed by atoms with van der Waals surface area (Å²) in [7, 11) is 3.45. The fourth-order valence-corrected chi connectivity index (χ4v) is 1.41. The SMILES string of the molecule is CNc1ncc2ccc(NCCOC)nc2n1. The maximum absolute atomic E-state index is 4.96. The van der Waals surface area contributed by atoms with Crippen molar-refractivity contribution in [2.45, 2.75) is 0 Å². The molecule has 2 rings (SSSR count). The zero-order valence-corrected chi connectivity index (χ0v) is 9.90. The van der Waals surface area contributed by atoms with Crippen molar-refractivity contribution in [3.8, 4) is 0 Å². The standard InChI is InChI=1S/C11H15N5O/c1-12-11-14-7-8-3-4-9(13-5-6-17-2)15-10(8)16-11/h3-4,7H,5-6H2,1-2H3,(H2,12,13,14,15,16). The molecule has 0 amide bonds. The molecule has 90 valence electrons. The van der Waals surface area contributed by atoms with Crippen LogP contribution in [0.5, 0.6) is 0 Å². The fourth-order valence-electron chi connectivity index (χ4n) is 1.41. The molecule has 0 radical (unpaired) electrons. The predicted octanol–water partition coefficient (Wildman–Crippen LogP) is 1.12. The molecular weight excluding hydrogens is 218 g/mol. The third-order valence-electron chi connectivity index (χ3n) is 2.28. The van der Waals surface area contributed by atoms with Gasteiger partial charge in [-0.25, -0.2) is 9.97 Å². The van der Waals surface area contributed by atoms with E-state index in [9.17, 15) is 0 Å². The number of pyridine rings is 1. The molecule has 2 heterocycles. The van der Waals surface area contributed by atoms with Crippen LogP contribution in [0.4, 0.5) is 11.8 Å². The summed E-state index contributed by atoms with van der Waals surface area (Å²) in [4.78, 5) is 12.8. The van der Waals surface area contributed by atoms with Crippen LogP contribution >= 0.6 is 0 Å². The summed E-state index contributed by atoms with van der Waals surface area (Å²) in [6.07, 6.45) is 1.75. The van der Waals surface area contributed by atoms with Gasteiger partial charge in [-0.15, -0.1) is 0 Å². The summed E-state index contributed by atoms with van der Waals surface area (Å²) in [5, 5.41) is 6.96. The average molecular weight is 233 g/mol. The van der Waals surface area contributed by atoms with Crippen LogP contribution in [0.15, 0.2) is 18.3 Å². The van der Waals surface area contributed by atoms with Crippen molar-refractivity contribution in [3.63, 3.8) is 0 Å². The van der Waals surface area contributed by atoms with Crippen LogP contribution in [0.3, 0.4) is 0 Å². The molecule has 0 bridgehead atoms. The first-order valence-electron chi connectivity index (χ1n) is 5.38. The Bertz CT molecular complexity index is 502. The molecule has 2 aromatic rings. The number of rotatable bonds is 5. The summed E-state index contributed by atoms with van der Waals surface area (Å²) >= 11 is 0. The van der Waals surface area contributed by atoms with Crippen molar-refractivity contribution in [1.29, 1.82) is 0 Å². The van der Waals surface area contributed by atoms with E-state index in [1.54, 1.807) is 20.4 Å². The molecule has 0 fully saturated rings. The van der Waals surface area contributed by atoms with Gasteiger partial charge < -0.3 is 15.4 Å². The fraction of sp³-hybridized carbons (Fsp3) is 0.364. The van der Waals surface area contributed by atoms with E-state index in [-0.39, 0.29) is 0 Å². The van der Waals surface area contributed by atoms with E-state index in [0.29, 0.717) is 18.2 Å². The van der Waals surface area contributed by atoms with Crippen molar-refractivity contribution >= 4 is 22.8 Å². The van der Waals surface area contributed by atoms with Crippen LogP contribution in [-0.4, -0.2) is 42.3 Å². The number of hydrogen-bond donors (Lipinski definition) is 2. The zero-order valence-electron chi connectivity index (χ0n) is 9.90. The number of anilines is 2. The highest BCUT2D eigenvalue weighted by Crippen LogP contribution is 2.13. The lowest BCUT2D eigenvalue weighted by Crippen LogP contribution is -2.09. The molecule has 0 aliphatic carbocycles. The van der Waals surface area contributed by atoms with Crippen LogP contribution in [0.25, 0.3) is 11.0 Å². The van der Waals surface area contributed by atoms with Gasteiger partial charge in [0, 0.05) is 32.3 Å².